The lowest BCUT2D eigenvalue weighted by Crippen LogP contribution is -1.98. The maximum atomic E-state index is 12.8. The van der Waals surface area contributed by atoms with Gasteiger partial charge in [-0.1, -0.05) is 33.8 Å². The van der Waals surface area contributed by atoms with Crippen LogP contribution in [0.1, 0.15) is 72.3 Å². The third-order valence-corrected chi connectivity index (χ3v) is 5.96. The molecule has 0 aliphatic carbocycles. The lowest BCUT2D eigenvalue weighted by molar-refractivity contribution is 0.102. The average Bonchev–Trinajstić information content (AvgIpc) is 3.02. The van der Waals surface area contributed by atoms with Crippen LogP contribution in [-0.4, -0.2) is 17.1 Å². The summed E-state index contributed by atoms with van der Waals surface area (Å²) in [6.07, 6.45) is 5.38. The molecule has 0 bridgehead atoms. The number of phenols is 1. The quantitative estimate of drug-likeness (QED) is 0.264. The molecule has 0 spiro atoms. The summed E-state index contributed by atoms with van der Waals surface area (Å²) in [6, 6.07) is 9.91. The first kappa shape index (κ1) is 21.3. The van der Waals surface area contributed by atoms with Crippen molar-refractivity contribution in [3.8, 4) is 5.75 Å². The van der Waals surface area contributed by atoms with E-state index >= 15 is 0 Å². The van der Waals surface area contributed by atoms with E-state index in [1.807, 2.05) is 43.5 Å². The van der Waals surface area contributed by atoms with Crippen LogP contribution in [0.15, 0.2) is 45.7 Å². The number of aryl methyl sites for hydroxylation is 1. The van der Waals surface area contributed by atoms with E-state index in [1.54, 1.807) is 23.9 Å². The molecule has 152 valence electrons. The molecular weight excluding hydrogens is 380 g/mol. The first-order chi connectivity index (χ1) is 13.7. The lowest BCUT2D eigenvalue weighted by Gasteiger charge is -2.16. The van der Waals surface area contributed by atoms with Crippen LogP contribution in [0, 0.1) is 6.92 Å². The molecule has 0 saturated carbocycles. The topological polar surface area (TPSA) is 50.4 Å². The van der Waals surface area contributed by atoms with Crippen molar-refractivity contribution < 1.29 is 14.3 Å². The predicted octanol–water partition coefficient (Wildman–Crippen LogP) is 7.31. The van der Waals surface area contributed by atoms with Gasteiger partial charge in [0.1, 0.15) is 11.3 Å². The number of rotatable bonds is 6. The summed E-state index contributed by atoms with van der Waals surface area (Å²) in [5.41, 5.74) is 4.29. The molecular formula is C25H28O3S. The summed E-state index contributed by atoms with van der Waals surface area (Å²) in [5, 5.41) is 11.5. The van der Waals surface area contributed by atoms with Gasteiger partial charge >= 0.3 is 0 Å². The van der Waals surface area contributed by atoms with Gasteiger partial charge in [-0.2, -0.15) is 0 Å². The minimum absolute atomic E-state index is 0.158. The van der Waals surface area contributed by atoms with E-state index in [2.05, 4.69) is 27.7 Å². The van der Waals surface area contributed by atoms with E-state index in [9.17, 15) is 9.90 Å². The minimum Gasteiger partial charge on any atom is -0.507 e. The summed E-state index contributed by atoms with van der Waals surface area (Å²) in [6.45, 7) is 10.1. The number of benzene rings is 2. The van der Waals surface area contributed by atoms with Gasteiger partial charge < -0.3 is 9.52 Å². The lowest BCUT2D eigenvalue weighted by atomic mass is 9.91. The number of hydrogen-bond donors (Lipinski definition) is 1. The molecule has 0 saturated heterocycles. The van der Waals surface area contributed by atoms with Crippen LogP contribution in [-0.2, 0) is 0 Å². The monoisotopic (exact) mass is 408 g/mol. The number of allylic oxidation sites excluding steroid dienone is 1. The Morgan fingerprint density at radius 3 is 2.24 bits per heavy atom. The number of hydrogen-bond acceptors (Lipinski definition) is 4. The molecule has 3 aromatic rings. The number of carbonyl (C=O) groups is 1. The van der Waals surface area contributed by atoms with Crippen LogP contribution < -0.4 is 0 Å². The fourth-order valence-electron chi connectivity index (χ4n) is 3.50. The molecule has 0 amide bonds. The second kappa shape index (κ2) is 8.50. The third-order valence-electron chi connectivity index (χ3n) is 5.23. The maximum Gasteiger partial charge on any atom is 0.221 e. The highest BCUT2D eigenvalue weighted by Gasteiger charge is 2.17. The SMILES string of the molecule is CSc1ccc2c(C)c(C(=O)/C=C/c3cc(C(C)C)c(O)c(C(C)C)c3)oc2c1. The smallest absolute Gasteiger partial charge is 0.221 e. The Morgan fingerprint density at radius 2 is 1.69 bits per heavy atom. The van der Waals surface area contributed by atoms with Gasteiger partial charge in [0.05, 0.1) is 0 Å². The zero-order valence-corrected chi connectivity index (χ0v) is 18.7. The Bertz CT molecular complexity index is 1060. The molecule has 2 aromatic carbocycles. The summed E-state index contributed by atoms with van der Waals surface area (Å²) in [5.74, 6) is 0.965. The Kier molecular flexibility index (Phi) is 6.23. The zero-order chi connectivity index (χ0) is 21.3. The van der Waals surface area contributed by atoms with Gasteiger partial charge in [-0.05, 0) is 78.1 Å². The molecule has 0 unspecified atom stereocenters. The standard InChI is InChI=1S/C25H28O3S/c1-14(2)20-11-17(12-21(15(3)4)24(20)27)7-10-22(26)25-16(5)19-9-8-18(29-6)13-23(19)28-25/h7-15,27H,1-6H3/b10-7+. The van der Waals surface area contributed by atoms with Crippen molar-refractivity contribution in [1.29, 1.82) is 0 Å². The first-order valence-corrected chi connectivity index (χ1v) is 11.1. The van der Waals surface area contributed by atoms with Crippen molar-refractivity contribution >= 4 is 34.6 Å². The van der Waals surface area contributed by atoms with Gasteiger partial charge in [-0.25, -0.2) is 0 Å². The first-order valence-electron chi connectivity index (χ1n) is 9.89. The Morgan fingerprint density at radius 1 is 1.07 bits per heavy atom. The molecule has 1 aromatic heterocycles. The fourth-order valence-corrected chi connectivity index (χ4v) is 3.93. The molecule has 1 heterocycles. The van der Waals surface area contributed by atoms with Crippen molar-refractivity contribution in [1.82, 2.24) is 0 Å². The average molecular weight is 409 g/mol. The van der Waals surface area contributed by atoms with Gasteiger partial charge in [0.25, 0.3) is 0 Å². The highest BCUT2D eigenvalue weighted by molar-refractivity contribution is 7.98. The van der Waals surface area contributed by atoms with Crippen molar-refractivity contribution in [2.45, 2.75) is 51.3 Å². The molecule has 0 aliphatic rings. The molecule has 3 nitrogen and oxygen atoms in total. The normalized spacial score (nSPS) is 12.0. The second-order valence-electron chi connectivity index (χ2n) is 7.97. The zero-order valence-electron chi connectivity index (χ0n) is 17.9. The van der Waals surface area contributed by atoms with Crippen LogP contribution in [0.2, 0.25) is 0 Å². The Labute approximate surface area is 176 Å². The number of thioether (sulfide) groups is 1. The fraction of sp³-hybridized carbons (Fsp3) is 0.320. The number of aromatic hydroxyl groups is 1. The summed E-state index contributed by atoms with van der Waals surface area (Å²) < 4.78 is 5.88. The second-order valence-corrected chi connectivity index (χ2v) is 8.85. The van der Waals surface area contributed by atoms with Crippen molar-refractivity contribution in [2.75, 3.05) is 6.26 Å². The summed E-state index contributed by atoms with van der Waals surface area (Å²) in [4.78, 5) is 13.9. The van der Waals surface area contributed by atoms with Gasteiger partial charge in [-0.3, -0.25) is 4.79 Å². The molecule has 0 fully saturated rings. The summed E-state index contributed by atoms with van der Waals surface area (Å²) in [7, 11) is 0. The van der Waals surface area contributed by atoms with Crippen LogP contribution in [0.5, 0.6) is 5.75 Å². The number of phenolic OH excluding ortho intramolecular Hbond substituents is 1. The van der Waals surface area contributed by atoms with Crippen molar-refractivity contribution in [3.05, 3.63) is 64.4 Å². The van der Waals surface area contributed by atoms with Crippen LogP contribution in [0.3, 0.4) is 0 Å². The van der Waals surface area contributed by atoms with E-state index in [1.165, 1.54) is 0 Å². The van der Waals surface area contributed by atoms with Crippen LogP contribution in [0.4, 0.5) is 0 Å². The van der Waals surface area contributed by atoms with Crippen LogP contribution >= 0.6 is 11.8 Å². The molecule has 1 N–H and O–H groups in total. The van der Waals surface area contributed by atoms with Gasteiger partial charge in [0.15, 0.2) is 5.76 Å². The number of ketones is 1. The molecule has 0 radical (unpaired) electrons. The largest absolute Gasteiger partial charge is 0.507 e. The van der Waals surface area contributed by atoms with Crippen molar-refractivity contribution in [2.24, 2.45) is 0 Å². The number of furan rings is 1. The number of fused-ring (bicyclic) bond motifs is 1. The van der Waals surface area contributed by atoms with Gasteiger partial charge in [0, 0.05) is 15.8 Å². The maximum absolute atomic E-state index is 12.8. The predicted molar refractivity (Wildman–Crippen MR) is 122 cm³/mol. The highest BCUT2D eigenvalue weighted by Crippen LogP contribution is 2.35. The number of carbonyl (C=O) groups excluding carboxylic acids is 1. The highest BCUT2D eigenvalue weighted by atomic mass is 32.2. The van der Waals surface area contributed by atoms with E-state index in [0.717, 1.165) is 38.1 Å². The van der Waals surface area contributed by atoms with E-state index < -0.39 is 0 Å². The molecule has 3 rings (SSSR count). The minimum atomic E-state index is -0.158. The Hall–Kier alpha value is -2.46. The summed E-state index contributed by atoms with van der Waals surface area (Å²) >= 11 is 1.64. The van der Waals surface area contributed by atoms with Gasteiger partial charge in [-0.15, -0.1) is 11.8 Å². The van der Waals surface area contributed by atoms with E-state index in [-0.39, 0.29) is 17.6 Å². The van der Waals surface area contributed by atoms with Crippen molar-refractivity contribution in [3.63, 3.8) is 0 Å². The van der Waals surface area contributed by atoms with Gasteiger partial charge in [0.2, 0.25) is 5.78 Å². The van der Waals surface area contributed by atoms with Crippen LogP contribution in [0.25, 0.3) is 17.0 Å². The van der Waals surface area contributed by atoms with E-state index in [4.69, 9.17) is 4.42 Å². The Balaban J connectivity index is 1.97. The molecule has 0 aliphatic heterocycles. The molecule has 4 heteroatoms. The van der Waals surface area contributed by atoms with E-state index in [0.29, 0.717) is 11.5 Å². The molecule has 29 heavy (non-hydrogen) atoms. The third kappa shape index (κ3) is 4.27. The molecule has 0 atom stereocenters.